The summed E-state index contributed by atoms with van der Waals surface area (Å²) < 4.78 is 1.36. The van der Waals surface area contributed by atoms with Gasteiger partial charge in [0.25, 0.3) is 0 Å². The SMILES string of the molecule is CC(C)C(N)Cc1csc2ccccc12. The molecule has 80 valence electrons. The summed E-state index contributed by atoms with van der Waals surface area (Å²) in [5.74, 6) is 0.545. The Labute approximate surface area is 94.9 Å². The highest BCUT2D eigenvalue weighted by molar-refractivity contribution is 7.17. The zero-order valence-electron chi connectivity index (χ0n) is 9.23. The summed E-state index contributed by atoms with van der Waals surface area (Å²) in [6, 6.07) is 8.81. The van der Waals surface area contributed by atoms with Crippen LogP contribution < -0.4 is 5.73 Å². The van der Waals surface area contributed by atoms with Crippen LogP contribution in [0.2, 0.25) is 0 Å². The van der Waals surface area contributed by atoms with Crippen LogP contribution >= 0.6 is 11.3 Å². The molecule has 2 heteroatoms. The van der Waals surface area contributed by atoms with Gasteiger partial charge >= 0.3 is 0 Å². The van der Waals surface area contributed by atoms with Gasteiger partial charge in [0.05, 0.1) is 0 Å². The van der Waals surface area contributed by atoms with E-state index in [0.29, 0.717) is 5.92 Å². The van der Waals surface area contributed by atoms with Crippen molar-refractivity contribution in [1.29, 1.82) is 0 Å². The average molecular weight is 219 g/mol. The van der Waals surface area contributed by atoms with Crippen LogP contribution in [0.1, 0.15) is 19.4 Å². The van der Waals surface area contributed by atoms with Crippen molar-refractivity contribution < 1.29 is 0 Å². The number of fused-ring (bicyclic) bond motifs is 1. The van der Waals surface area contributed by atoms with Crippen LogP contribution in [0.3, 0.4) is 0 Å². The van der Waals surface area contributed by atoms with Crippen molar-refractivity contribution in [2.24, 2.45) is 11.7 Å². The highest BCUT2D eigenvalue weighted by atomic mass is 32.1. The Kier molecular flexibility index (Phi) is 3.08. The van der Waals surface area contributed by atoms with Crippen LogP contribution in [0.5, 0.6) is 0 Å². The molecule has 0 saturated heterocycles. The monoisotopic (exact) mass is 219 g/mol. The molecule has 1 aromatic heterocycles. The molecule has 0 radical (unpaired) electrons. The van der Waals surface area contributed by atoms with E-state index in [2.05, 4.69) is 43.5 Å². The fraction of sp³-hybridized carbons (Fsp3) is 0.385. The molecule has 0 fully saturated rings. The van der Waals surface area contributed by atoms with Crippen molar-refractivity contribution in [2.45, 2.75) is 26.3 Å². The first kappa shape index (κ1) is 10.7. The largest absolute Gasteiger partial charge is 0.327 e. The van der Waals surface area contributed by atoms with Gasteiger partial charge < -0.3 is 5.73 Å². The van der Waals surface area contributed by atoms with E-state index >= 15 is 0 Å². The Morgan fingerprint density at radius 3 is 2.73 bits per heavy atom. The normalized spacial score (nSPS) is 13.6. The highest BCUT2D eigenvalue weighted by Gasteiger charge is 2.11. The van der Waals surface area contributed by atoms with Crippen LogP contribution in [0.25, 0.3) is 10.1 Å². The molecule has 1 atom stereocenters. The van der Waals surface area contributed by atoms with Crippen molar-refractivity contribution in [1.82, 2.24) is 0 Å². The molecule has 0 bridgehead atoms. The second-order valence-electron chi connectivity index (χ2n) is 4.37. The second kappa shape index (κ2) is 4.33. The maximum atomic E-state index is 6.10. The van der Waals surface area contributed by atoms with Gasteiger partial charge in [-0.15, -0.1) is 11.3 Å². The third kappa shape index (κ3) is 2.21. The standard InChI is InChI=1S/C13H17NS/c1-9(2)12(14)7-10-8-15-13-6-4-3-5-11(10)13/h3-6,8-9,12H,7,14H2,1-2H3. The molecule has 0 aliphatic heterocycles. The highest BCUT2D eigenvalue weighted by Crippen LogP contribution is 2.26. The van der Waals surface area contributed by atoms with Gasteiger partial charge in [0.2, 0.25) is 0 Å². The van der Waals surface area contributed by atoms with E-state index in [1.165, 1.54) is 15.6 Å². The Hall–Kier alpha value is -0.860. The van der Waals surface area contributed by atoms with E-state index < -0.39 is 0 Å². The summed E-state index contributed by atoms with van der Waals surface area (Å²) >= 11 is 1.81. The number of hydrogen-bond acceptors (Lipinski definition) is 2. The van der Waals surface area contributed by atoms with E-state index in [9.17, 15) is 0 Å². The first-order chi connectivity index (χ1) is 7.18. The maximum Gasteiger partial charge on any atom is 0.0345 e. The molecule has 1 aromatic carbocycles. The van der Waals surface area contributed by atoms with Gasteiger partial charge in [0.15, 0.2) is 0 Å². The van der Waals surface area contributed by atoms with E-state index in [1.54, 1.807) is 0 Å². The third-order valence-corrected chi connectivity index (χ3v) is 3.89. The van der Waals surface area contributed by atoms with Crippen LogP contribution in [0.15, 0.2) is 29.6 Å². The molecule has 2 aromatic rings. The lowest BCUT2D eigenvalue weighted by atomic mass is 9.97. The third-order valence-electron chi connectivity index (χ3n) is 2.87. The number of hydrogen-bond donors (Lipinski definition) is 1. The van der Waals surface area contributed by atoms with Crippen LogP contribution in [0.4, 0.5) is 0 Å². The van der Waals surface area contributed by atoms with E-state index in [0.717, 1.165) is 6.42 Å². The number of rotatable bonds is 3. The quantitative estimate of drug-likeness (QED) is 0.841. The van der Waals surface area contributed by atoms with Crippen LogP contribution in [0, 0.1) is 5.92 Å². The maximum absolute atomic E-state index is 6.10. The lowest BCUT2D eigenvalue weighted by molar-refractivity contribution is 0.492. The zero-order valence-corrected chi connectivity index (χ0v) is 10.1. The van der Waals surface area contributed by atoms with Gasteiger partial charge in [-0.25, -0.2) is 0 Å². The summed E-state index contributed by atoms with van der Waals surface area (Å²) in [5.41, 5.74) is 7.50. The molecule has 0 amide bonds. The predicted octanol–water partition coefficient (Wildman–Crippen LogP) is 3.43. The molecule has 0 aliphatic rings. The molecule has 15 heavy (non-hydrogen) atoms. The molecule has 2 N–H and O–H groups in total. The topological polar surface area (TPSA) is 26.0 Å². The minimum absolute atomic E-state index is 0.267. The lowest BCUT2D eigenvalue weighted by Gasteiger charge is -2.14. The first-order valence-corrected chi connectivity index (χ1v) is 6.27. The molecule has 0 saturated carbocycles. The van der Waals surface area contributed by atoms with E-state index in [-0.39, 0.29) is 6.04 Å². The van der Waals surface area contributed by atoms with E-state index in [1.807, 2.05) is 11.3 Å². The summed E-state index contributed by atoms with van der Waals surface area (Å²) in [4.78, 5) is 0. The summed E-state index contributed by atoms with van der Waals surface area (Å²) in [6.07, 6.45) is 0.988. The smallest absolute Gasteiger partial charge is 0.0345 e. The van der Waals surface area contributed by atoms with Crippen molar-refractivity contribution >= 4 is 21.4 Å². The number of nitrogens with two attached hydrogens (primary N) is 1. The summed E-state index contributed by atoms with van der Waals surface area (Å²) in [5, 5.41) is 3.62. The Morgan fingerprint density at radius 2 is 2.00 bits per heavy atom. The van der Waals surface area contributed by atoms with Gasteiger partial charge in [0, 0.05) is 10.7 Å². The van der Waals surface area contributed by atoms with Crippen molar-refractivity contribution in [3.8, 4) is 0 Å². The Balaban J connectivity index is 2.29. The van der Waals surface area contributed by atoms with Gasteiger partial charge in [-0.05, 0) is 34.7 Å². The molecular formula is C13H17NS. The molecule has 1 heterocycles. The van der Waals surface area contributed by atoms with Crippen molar-refractivity contribution in [3.63, 3.8) is 0 Å². The van der Waals surface area contributed by atoms with Gasteiger partial charge in [0.1, 0.15) is 0 Å². The minimum atomic E-state index is 0.267. The molecular weight excluding hydrogens is 202 g/mol. The first-order valence-electron chi connectivity index (χ1n) is 5.39. The van der Waals surface area contributed by atoms with Crippen LogP contribution in [-0.2, 0) is 6.42 Å². The lowest BCUT2D eigenvalue weighted by Crippen LogP contribution is -2.28. The fourth-order valence-corrected chi connectivity index (χ4v) is 2.66. The van der Waals surface area contributed by atoms with Crippen LogP contribution in [-0.4, -0.2) is 6.04 Å². The summed E-state index contributed by atoms with van der Waals surface area (Å²) in [7, 11) is 0. The Bertz CT molecular complexity index is 444. The average Bonchev–Trinajstić information content (AvgIpc) is 2.62. The Morgan fingerprint density at radius 1 is 1.27 bits per heavy atom. The van der Waals surface area contributed by atoms with Gasteiger partial charge in [-0.3, -0.25) is 0 Å². The molecule has 1 nitrogen and oxygen atoms in total. The predicted molar refractivity (Wildman–Crippen MR) is 68.3 cm³/mol. The van der Waals surface area contributed by atoms with E-state index in [4.69, 9.17) is 5.73 Å². The van der Waals surface area contributed by atoms with Crippen molar-refractivity contribution in [2.75, 3.05) is 0 Å². The van der Waals surface area contributed by atoms with Gasteiger partial charge in [-0.1, -0.05) is 32.0 Å². The number of thiophene rings is 1. The van der Waals surface area contributed by atoms with Gasteiger partial charge in [-0.2, -0.15) is 0 Å². The molecule has 0 spiro atoms. The van der Waals surface area contributed by atoms with Crippen molar-refractivity contribution in [3.05, 3.63) is 35.2 Å². The zero-order chi connectivity index (χ0) is 10.8. The minimum Gasteiger partial charge on any atom is -0.327 e. The molecule has 1 unspecified atom stereocenters. The second-order valence-corrected chi connectivity index (χ2v) is 5.28. The summed E-state index contributed by atoms with van der Waals surface area (Å²) in [6.45, 7) is 4.36. The molecule has 0 aliphatic carbocycles. The fourth-order valence-electron chi connectivity index (χ4n) is 1.68. The number of benzene rings is 1. The molecule has 2 rings (SSSR count).